The van der Waals surface area contributed by atoms with Crippen LogP contribution in [0.2, 0.25) is 0 Å². The molecule has 40 heteroatoms. The summed E-state index contributed by atoms with van der Waals surface area (Å²) in [6.45, 7) is 2.42. The number of ketones is 1. The summed E-state index contributed by atoms with van der Waals surface area (Å²) >= 11 is -9.54. The molecule has 1 aliphatic rings. The van der Waals surface area contributed by atoms with E-state index in [-0.39, 0.29) is 90.4 Å². The number of nitrogens with zero attached hydrogens (tertiary/aromatic N) is 6. The molecule has 1 radical (unpaired) electrons. The molecular weight excluding hydrogens is 1360 g/mol. The van der Waals surface area contributed by atoms with E-state index in [0.29, 0.717) is 40.6 Å². The molecule has 18 N–H and O–H groups in total. The summed E-state index contributed by atoms with van der Waals surface area (Å²) in [5.41, 5.74) is 24.8. The first kappa shape index (κ1) is 75.0. The molecule has 0 fully saturated rings. The number of carbonyl (C=O) groups excluding carboxylic acids is 12. The van der Waals surface area contributed by atoms with Gasteiger partial charge in [0.1, 0.15) is 0 Å². The van der Waals surface area contributed by atoms with Gasteiger partial charge in [-0.25, -0.2) is 0 Å². The Morgan fingerprint density at radius 2 is 0.798 bits per heavy atom. The Balaban J connectivity index is 0.000000342. The Bertz CT molecular complexity index is 3170. The van der Waals surface area contributed by atoms with Crippen molar-refractivity contribution in [2.75, 3.05) is 26.2 Å². The van der Waals surface area contributed by atoms with Crippen molar-refractivity contribution in [2.24, 2.45) is 33.8 Å². The molecule has 1 aliphatic heterocycles. The molecule has 0 aromatic carbocycles. The van der Waals surface area contributed by atoms with Crippen LogP contribution in [-0.2, 0) is 111 Å². The molecule has 0 bridgehead atoms. The van der Waals surface area contributed by atoms with E-state index in [1.165, 1.54) is 76.5 Å². The van der Waals surface area contributed by atoms with Gasteiger partial charge in [0.25, 0.3) is 0 Å². The molecule has 0 spiro atoms. The maximum absolute atomic E-state index is 13.6. The van der Waals surface area contributed by atoms with Gasteiger partial charge in [0.15, 0.2) is 0 Å². The van der Waals surface area contributed by atoms with Crippen molar-refractivity contribution < 1.29 is 78.7 Å². The Morgan fingerprint density at radius 1 is 0.468 bits per heavy atom. The van der Waals surface area contributed by atoms with Gasteiger partial charge in [-0.1, -0.05) is 0 Å². The number of Topliss-reactive ketones (excluding diaryl/α,β-unsaturated/α-hetero) is 1. The first-order chi connectivity index (χ1) is 45.1. The van der Waals surface area contributed by atoms with E-state index in [4.69, 9.17) is 44.1 Å². The zero-order valence-corrected chi connectivity index (χ0v) is 55.9. The second kappa shape index (κ2) is 40.3. The predicted molar refractivity (Wildman–Crippen MR) is 324 cm³/mol. The van der Waals surface area contributed by atoms with Gasteiger partial charge >= 0.3 is 551 Å². The number of carbonyl (C=O) groups is 12. The normalized spacial score (nSPS) is 13.3. The molecule has 38 nitrogen and oxygen atoms in total. The van der Waals surface area contributed by atoms with Gasteiger partial charge in [-0.05, 0) is 0 Å². The zero-order valence-electron chi connectivity index (χ0n) is 51.1. The Morgan fingerprint density at radius 3 is 1.12 bits per heavy atom. The predicted octanol–water partition coefficient (Wildman–Crippen LogP) is -4.97. The third kappa shape index (κ3) is 27.6. The fraction of sp³-hybridized carbons (Fsp3) is 0.426. The molecule has 5 amide bonds. The van der Waals surface area contributed by atoms with Gasteiger partial charge in [-0.15, -0.1) is 0 Å². The number of hydrogen-bond acceptors (Lipinski definition) is 28. The molecule has 5 aromatic heterocycles. The molecule has 503 valence electrons. The van der Waals surface area contributed by atoms with Crippen molar-refractivity contribution in [2.45, 2.75) is 115 Å². The van der Waals surface area contributed by atoms with Crippen LogP contribution < -0.4 is 49.5 Å². The number of amides is 5. The van der Waals surface area contributed by atoms with Crippen LogP contribution in [0, 0.1) is 12.3 Å². The summed E-state index contributed by atoms with van der Waals surface area (Å²) in [5.74, 6) is -10.9. The second-order valence-corrected chi connectivity index (χ2v) is 25.7. The number of allylic oxidation sites excluding steroid dienone is 1. The Labute approximate surface area is 548 Å². The number of aromatic amines is 5. The van der Waals surface area contributed by atoms with Gasteiger partial charge in [-0.2, -0.15) is 0 Å². The summed E-state index contributed by atoms with van der Waals surface area (Å²) in [7, 11) is 0. The summed E-state index contributed by atoms with van der Waals surface area (Å²) in [6.07, 6.45) is 18.1. The van der Waals surface area contributed by atoms with E-state index in [1.54, 1.807) is 12.3 Å². The molecule has 0 aliphatic carbocycles. The molecule has 6 unspecified atom stereocenters. The first-order valence-electron chi connectivity index (χ1n) is 29.1. The van der Waals surface area contributed by atoms with E-state index >= 15 is 0 Å². The summed E-state index contributed by atoms with van der Waals surface area (Å²) < 4.78 is 33.1. The van der Waals surface area contributed by atoms with Crippen LogP contribution >= 0.6 is 0 Å². The van der Waals surface area contributed by atoms with Gasteiger partial charge < -0.3 is 0 Å². The number of rotatable bonds is 39. The van der Waals surface area contributed by atoms with Crippen LogP contribution in [0.15, 0.2) is 79.4 Å². The number of nitrogens with two attached hydrogens (primary N) is 4. The van der Waals surface area contributed by atoms with Crippen LogP contribution in [0.3, 0.4) is 0 Å². The number of imidazole rings is 5. The third-order valence-corrected chi connectivity index (χ3v) is 18.0. The quantitative estimate of drug-likeness (QED) is 0.0129. The minimum atomic E-state index is -4.80. The molecular formula is C54H73Ga2N20O18. The molecule has 6 rings (SSSR count). The Hall–Kier alpha value is -9.72. The van der Waals surface area contributed by atoms with Gasteiger partial charge in [0.2, 0.25) is 0 Å². The fourth-order valence-corrected chi connectivity index (χ4v) is 13.5. The average molecular weight is 1430 g/mol. The van der Waals surface area contributed by atoms with Crippen LogP contribution in [0.1, 0.15) is 80.8 Å². The summed E-state index contributed by atoms with van der Waals surface area (Å²) in [4.78, 5) is 192. The molecule has 0 saturated carbocycles. The Kier molecular flexibility index (Phi) is 32.2. The monoisotopic (exact) mass is 1430 g/mol. The van der Waals surface area contributed by atoms with Crippen molar-refractivity contribution in [3.05, 3.63) is 109 Å². The second-order valence-electron chi connectivity index (χ2n) is 20.3. The maximum atomic E-state index is 13.6. The van der Waals surface area contributed by atoms with E-state index in [2.05, 4.69) is 81.4 Å². The number of H-pyrrole nitrogens is 5. The van der Waals surface area contributed by atoms with E-state index < -0.39 is 142 Å². The fourth-order valence-electron chi connectivity index (χ4n) is 8.38. The molecule has 0 saturated heterocycles. The zero-order chi connectivity index (χ0) is 68.4. The number of aromatic nitrogens is 10. The van der Waals surface area contributed by atoms with Crippen molar-refractivity contribution in [1.29, 1.82) is 0 Å². The van der Waals surface area contributed by atoms with Crippen LogP contribution in [-0.4, -0.2) is 218 Å². The molecule has 5 aromatic rings. The standard InChI is InChI=1S/C10H13N3O3.C10H15N3O3.2C9H14N4O3.2C8H11N3O3.2Ga/c11-2-1-9(14)4-7(10(15)16)3-8-5-12-6-13-8;11-4-3-9(14)13-8(10(15)16)6-7-2-1-5-12-7;2*10-2-1-8(14)13-7(9(15)16)3-6-4-11-5-12-6;2*1-5(12)11-7(8(13)14)2-6-3-9-4-10-6;;/h4-7H,1-3,11H2,(H-,12,13,15,16);2,5,8H,1,3-4,6,11H2,(H,13,14)(H,15,16);2*4-5,7H,1-3,10H2,(H,11,12)(H,13,14)(H,15,16);2*3-4,7H,2H2,1H3,(H,9,10)(H,11,12)(H,13,14);;/q;;;;;;+2;+3/p-5. The number of aliphatic imine (C=N–C) groups is 1. The summed E-state index contributed by atoms with van der Waals surface area (Å²) in [5, 5.41) is 12.4. The topological polar surface area (TPSA) is 580 Å². The van der Waals surface area contributed by atoms with E-state index in [1.807, 2.05) is 0 Å². The molecule has 6 atom stereocenters. The summed E-state index contributed by atoms with van der Waals surface area (Å²) in [6, 6.07) is -6.53. The molecule has 6 heterocycles. The first-order valence-corrected chi connectivity index (χ1v) is 35.0. The van der Waals surface area contributed by atoms with Gasteiger partial charge in [0, 0.05) is 0 Å². The van der Waals surface area contributed by atoms with Gasteiger partial charge in [0.05, 0.1) is 0 Å². The van der Waals surface area contributed by atoms with E-state index in [0.717, 1.165) is 6.42 Å². The van der Waals surface area contributed by atoms with Crippen molar-refractivity contribution >= 4 is 112 Å². The van der Waals surface area contributed by atoms with E-state index in [9.17, 15) is 57.5 Å². The van der Waals surface area contributed by atoms with Crippen LogP contribution in [0.25, 0.3) is 0 Å². The average Bonchev–Trinajstić information content (AvgIpc) is 1.20. The number of nitrogens with one attached hydrogen (secondary N) is 10. The van der Waals surface area contributed by atoms with Gasteiger partial charge in [-0.3, -0.25) is 0 Å². The van der Waals surface area contributed by atoms with Crippen molar-refractivity contribution in [3.63, 3.8) is 0 Å². The third-order valence-electron chi connectivity index (χ3n) is 12.7. The van der Waals surface area contributed by atoms with Crippen molar-refractivity contribution in [3.8, 4) is 0 Å². The number of hydrogen-bond donors (Lipinski definition) is 14. The van der Waals surface area contributed by atoms with Crippen LogP contribution in [0.5, 0.6) is 0 Å². The molecule has 94 heavy (non-hydrogen) atoms. The minimum absolute atomic E-state index is 0.00215. The van der Waals surface area contributed by atoms with Crippen molar-refractivity contribution in [1.82, 2.24) is 76.4 Å². The SMILES string of the molecule is CC(=O)NC(Cc1cnc[nH]1)C(=O)[O][Ga]([O]C(=O)C(Cc1cnc[nH]1)NC(C)=O)[O]C(=O)C(Cc1cnc[nH]1)NC(=O)CCN.NCCC(=O)[CH+]C(Cc1cnc[nH]1)C(=O)[O][Ga-]([O]C(=O)C(CC1=CCC=N1)NC(=O)CCN)[O]C(=O)C(Cc1cnc[nH]1)NC(=O)CCN. The van der Waals surface area contributed by atoms with Crippen LogP contribution in [0.4, 0.5) is 0 Å².